The molecule has 2 aromatic carbocycles. The number of hydrazone groups is 1. The highest BCUT2D eigenvalue weighted by Crippen LogP contribution is 2.29. The fourth-order valence-electron chi connectivity index (χ4n) is 3.80. The smallest absolute Gasteiger partial charge is 0.408 e. The molecule has 0 aliphatic carbocycles. The average molecular weight is 585 g/mol. The van der Waals surface area contributed by atoms with Crippen molar-refractivity contribution in [2.75, 3.05) is 6.54 Å². The van der Waals surface area contributed by atoms with Crippen LogP contribution in [-0.2, 0) is 20.7 Å². The maximum absolute atomic E-state index is 13.4. The molecule has 0 saturated carbocycles. The second kappa shape index (κ2) is 11.9. The number of imide groups is 3. The summed E-state index contributed by atoms with van der Waals surface area (Å²) < 4.78 is 11.0. The van der Waals surface area contributed by atoms with E-state index in [1.165, 1.54) is 6.21 Å². The summed E-state index contributed by atoms with van der Waals surface area (Å²) in [6, 6.07) is 15.0. The van der Waals surface area contributed by atoms with E-state index in [1.807, 2.05) is 0 Å². The van der Waals surface area contributed by atoms with Gasteiger partial charge in [0.05, 0.1) is 16.3 Å². The number of carbonyl (C=O) groups excluding carboxylic acids is 4. The van der Waals surface area contributed by atoms with E-state index in [0.29, 0.717) is 37.6 Å². The number of hydrogen-bond acceptors (Lipinski definition) is 7. The summed E-state index contributed by atoms with van der Waals surface area (Å²) in [5.41, 5.74) is 0.572. The van der Waals surface area contributed by atoms with Crippen LogP contribution >= 0.6 is 23.2 Å². The quantitative estimate of drug-likeness (QED) is 0.288. The van der Waals surface area contributed by atoms with Crippen molar-refractivity contribution in [1.29, 1.82) is 0 Å². The lowest BCUT2D eigenvalue weighted by Crippen LogP contribution is -2.52. The third-order valence-corrected chi connectivity index (χ3v) is 6.33. The zero-order valence-electron chi connectivity index (χ0n) is 21.9. The molecule has 3 aromatic rings. The highest BCUT2D eigenvalue weighted by molar-refractivity contribution is 6.42. The number of hydrogen-bond donors (Lipinski definition) is 1. The predicted octanol–water partition coefficient (Wildman–Crippen LogP) is 5.51. The molecule has 1 N–H and O–H groups in total. The Balaban J connectivity index is 1.49. The fraction of sp³-hybridized carbons (Fsp3) is 0.250. The topological polar surface area (TPSA) is 122 Å². The van der Waals surface area contributed by atoms with Crippen LogP contribution in [0.25, 0.3) is 11.3 Å². The normalized spacial score (nSPS) is 14.6. The number of amides is 5. The fourth-order valence-corrected chi connectivity index (χ4v) is 4.10. The SMILES string of the molecule is CC(C)(C)OC(=O)NC(Cc1ccccc1)C(=O)N1C(=O)CN(N=Cc2ccc(-c3ccc(Cl)c(Cl)c3)o2)C1=O. The largest absolute Gasteiger partial charge is 0.455 e. The van der Waals surface area contributed by atoms with E-state index in [1.54, 1.807) is 81.4 Å². The minimum atomic E-state index is -1.24. The van der Waals surface area contributed by atoms with Crippen LogP contribution in [0.15, 0.2) is 70.2 Å². The van der Waals surface area contributed by atoms with E-state index < -0.39 is 42.1 Å². The van der Waals surface area contributed by atoms with Crippen LogP contribution in [0.3, 0.4) is 0 Å². The first-order chi connectivity index (χ1) is 18.9. The van der Waals surface area contributed by atoms with E-state index in [4.69, 9.17) is 32.4 Å². The molecule has 1 aliphatic rings. The van der Waals surface area contributed by atoms with Gasteiger partial charge in [-0.2, -0.15) is 10.0 Å². The number of ether oxygens (including phenoxy) is 1. The van der Waals surface area contributed by atoms with E-state index in [-0.39, 0.29) is 6.42 Å². The molecule has 40 heavy (non-hydrogen) atoms. The number of urea groups is 1. The van der Waals surface area contributed by atoms with Crippen LogP contribution in [0.1, 0.15) is 32.1 Å². The minimum absolute atomic E-state index is 0.0309. The van der Waals surface area contributed by atoms with Crippen molar-refractivity contribution in [2.24, 2.45) is 5.10 Å². The van der Waals surface area contributed by atoms with Gasteiger partial charge in [0.15, 0.2) is 0 Å². The molecule has 1 fully saturated rings. The number of benzene rings is 2. The number of carbonyl (C=O) groups is 4. The summed E-state index contributed by atoms with van der Waals surface area (Å²) in [5.74, 6) is -0.910. The molecule has 0 bridgehead atoms. The monoisotopic (exact) mass is 584 g/mol. The van der Waals surface area contributed by atoms with Gasteiger partial charge in [-0.15, -0.1) is 0 Å². The summed E-state index contributed by atoms with van der Waals surface area (Å²) in [6.45, 7) is 4.57. The number of alkyl carbamates (subject to hydrolysis) is 1. The molecule has 2 heterocycles. The summed E-state index contributed by atoms with van der Waals surface area (Å²) in [5, 5.41) is 8.14. The Kier molecular flexibility index (Phi) is 8.61. The van der Waals surface area contributed by atoms with Crippen LogP contribution < -0.4 is 5.32 Å². The van der Waals surface area contributed by atoms with Crippen LogP contribution in [0.4, 0.5) is 9.59 Å². The molecule has 10 nitrogen and oxygen atoms in total. The van der Waals surface area contributed by atoms with Crippen molar-refractivity contribution < 1.29 is 28.3 Å². The van der Waals surface area contributed by atoms with Crippen molar-refractivity contribution in [2.45, 2.75) is 38.8 Å². The van der Waals surface area contributed by atoms with Gasteiger partial charge in [0, 0.05) is 12.0 Å². The molecule has 0 radical (unpaired) electrons. The summed E-state index contributed by atoms with van der Waals surface area (Å²) in [7, 11) is 0. The molecule has 5 amide bonds. The van der Waals surface area contributed by atoms with Gasteiger partial charge in [0.1, 0.15) is 29.7 Å². The lowest BCUT2D eigenvalue weighted by Gasteiger charge is -2.24. The number of furan rings is 1. The first kappa shape index (κ1) is 28.8. The predicted molar refractivity (Wildman–Crippen MR) is 149 cm³/mol. The van der Waals surface area contributed by atoms with Gasteiger partial charge in [-0.25, -0.2) is 14.6 Å². The lowest BCUT2D eigenvalue weighted by molar-refractivity contribution is -0.139. The number of nitrogens with zero attached hydrogens (tertiary/aromatic N) is 3. The Morgan fingerprint density at radius 3 is 2.48 bits per heavy atom. The number of halogens is 2. The van der Waals surface area contributed by atoms with Crippen LogP contribution in [0.5, 0.6) is 0 Å². The Morgan fingerprint density at radius 2 is 1.80 bits per heavy atom. The van der Waals surface area contributed by atoms with E-state index in [2.05, 4.69) is 10.4 Å². The Morgan fingerprint density at radius 1 is 1.07 bits per heavy atom. The second-order valence-corrected chi connectivity index (χ2v) is 10.7. The van der Waals surface area contributed by atoms with Crippen molar-refractivity contribution in [3.8, 4) is 11.3 Å². The molecule has 1 saturated heterocycles. The molecule has 1 unspecified atom stereocenters. The van der Waals surface area contributed by atoms with E-state index >= 15 is 0 Å². The van der Waals surface area contributed by atoms with Crippen LogP contribution in [0, 0.1) is 0 Å². The van der Waals surface area contributed by atoms with Crippen LogP contribution in [0.2, 0.25) is 10.0 Å². The van der Waals surface area contributed by atoms with Gasteiger partial charge in [0.2, 0.25) is 0 Å². The first-order valence-corrected chi connectivity index (χ1v) is 13.0. The Hall–Kier alpha value is -4.15. The highest BCUT2D eigenvalue weighted by Gasteiger charge is 2.44. The van der Waals surface area contributed by atoms with E-state index in [9.17, 15) is 19.2 Å². The maximum atomic E-state index is 13.4. The second-order valence-electron chi connectivity index (χ2n) is 9.87. The third-order valence-electron chi connectivity index (χ3n) is 5.59. The summed E-state index contributed by atoms with van der Waals surface area (Å²) in [4.78, 5) is 52.1. The average Bonchev–Trinajstić information content (AvgIpc) is 3.47. The molecular weight excluding hydrogens is 559 g/mol. The third kappa shape index (κ3) is 7.08. The minimum Gasteiger partial charge on any atom is -0.455 e. The highest BCUT2D eigenvalue weighted by atomic mass is 35.5. The molecule has 208 valence electrons. The Bertz CT molecular complexity index is 1460. The zero-order valence-corrected chi connectivity index (χ0v) is 23.4. The maximum Gasteiger partial charge on any atom is 0.408 e. The van der Waals surface area contributed by atoms with Crippen molar-refractivity contribution >= 4 is 53.4 Å². The number of rotatable bonds is 7. The molecule has 4 rings (SSSR count). The summed E-state index contributed by atoms with van der Waals surface area (Å²) >= 11 is 12.0. The van der Waals surface area contributed by atoms with Crippen molar-refractivity contribution in [1.82, 2.24) is 15.2 Å². The van der Waals surface area contributed by atoms with E-state index in [0.717, 1.165) is 5.01 Å². The lowest BCUT2D eigenvalue weighted by atomic mass is 10.0. The Labute approximate surface area is 240 Å². The van der Waals surface area contributed by atoms with Gasteiger partial charge >= 0.3 is 12.1 Å². The molecule has 0 spiro atoms. The van der Waals surface area contributed by atoms with Gasteiger partial charge in [-0.3, -0.25) is 9.59 Å². The van der Waals surface area contributed by atoms with Crippen molar-refractivity contribution in [3.63, 3.8) is 0 Å². The molecule has 1 aromatic heterocycles. The van der Waals surface area contributed by atoms with Gasteiger partial charge in [-0.05, 0) is 56.7 Å². The van der Waals surface area contributed by atoms with Crippen molar-refractivity contribution in [3.05, 3.63) is 82.0 Å². The van der Waals surface area contributed by atoms with Gasteiger partial charge in [-0.1, -0.05) is 53.5 Å². The van der Waals surface area contributed by atoms with Crippen LogP contribution in [-0.4, -0.2) is 58.2 Å². The summed E-state index contributed by atoms with van der Waals surface area (Å²) in [6.07, 6.45) is 0.426. The molecule has 1 aliphatic heterocycles. The van der Waals surface area contributed by atoms with Gasteiger partial charge < -0.3 is 14.5 Å². The number of nitrogens with one attached hydrogen (secondary N) is 1. The first-order valence-electron chi connectivity index (χ1n) is 12.2. The van der Waals surface area contributed by atoms with Gasteiger partial charge in [0.25, 0.3) is 11.8 Å². The zero-order chi connectivity index (χ0) is 29.0. The molecule has 12 heteroatoms. The standard InChI is InChI=1S/C28H26Cl2N4O6/c1-28(2,3)40-26(37)32-22(13-17-7-5-4-6-8-17)25(36)34-24(35)16-33(27(34)38)31-15-19-10-12-23(39-19)18-9-11-20(29)21(30)14-18/h4-12,14-15,22H,13,16H2,1-3H3,(H,32,37). The molecular formula is C28H26Cl2N4O6. The molecule has 1 atom stereocenters.